The Balaban J connectivity index is 2.23. The average Bonchev–Trinajstić information content (AvgIpc) is 2.64. The molecule has 0 aliphatic heterocycles. The van der Waals surface area contributed by atoms with Crippen LogP contribution < -0.4 is 14.4 Å². The number of carbonyl (C=O) groups excluding carboxylic acids is 1. The van der Waals surface area contributed by atoms with E-state index in [0.29, 0.717) is 18.0 Å². The van der Waals surface area contributed by atoms with Crippen LogP contribution >= 0.6 is 0 Å². The van der Waals surface area contributed by atoms with E-state index in [-0.39, 0.29) is 11.9 Å². The predicted octanol–water partition coefficient (Wildman–Crippen LogP) is 3.73. The summed E-state index contributed by atoms with van der Waals surface area (Å²) in [5, 5.41) is 2.93. The largest absolute Gasteiger partial charge is 0.494 e. The molecule has 6 nitrogen and oxygen atoms in total. The van der Waals surface area contributed by atoms with Crippen LogP contribution in [0.2, 0.25) is 0 Å². The minimum atomic E-state index is -3.67. The number of nitrogens with zero attached hydrogens (tertiary/aromatic N) is 1. The van der Waals surface area contributed by atoms with Crippen LogP contribution in [0.25, 0.3) is 0 Å². The van der Waals surface area contributed by atoms with Gasteiger partial charge in [-0.2, -0.15) is 0 Å². The van der Waals surface area contributed by atoms with E-state index >= 15 is 0 Å². The number of amides is 1. The Kier molecular flexibility index (Phi) is 7.30. The molecule has 1 amide bonds. The molecule has 0 saturated heterocycles. The van der Waals surface area contributed by atoms with Crippen molar-refractivity contribution in [1.29, 1.82) is 0 Å². The first-order valence-electron chi connectivity index (χ1n) is 9.64. The van der Waals surface area contributed by atoms with Crippen LogP contribution in [0.4, 0.5) is 5.69 Å². The van der Waals surface area contributed by atoms with Crippen LogP contribution in [-0.4, -0.2) is 33.2 Å². The Hall–Kier alpha value is -2.54. The van der Waals surface area contributed by atoms with Gasteiger partial charge in [0, 0.05) is 0 Å². The number of ether oxygens (including phenoxy) is 1. The number of carbonyl (C=O) groups is 1. The van der Waals surface area contributed by atoms with Gasteiger partial charge < -0.3 is 10.1 Å². The summed E-state index contributed by atoms with van der Waals surface area (Å²) in [6, 6.07) is 11.5. The highest BCUT2D eigenvalue weighted by atomic mass is 32.2. The lowest BCUT2D eigenvalue weighted by Crippen LogP contribution is -2.48. The van der Waals surface area contributed by atoms with Crippen LogP contribution in [0.5, 0.6) is 5.75 Å². The lowest BCUT2D eigenvalue weighted by Gasteiger charge is -2.29. The van der Waals surface area contributed by atoms with Crippen molar-refractivity contribution in [2.45, 2.75) is 46.7 Å². The monoisotopic (exact) mass is 418 g/mol. The van der Waals surface area contributed by atoms with Crippen LogP contribution in [0.1, 0.15) is 43.5 Å². The van der Waals surface area contributed by atoms with E-state index < -0.39 is 16.1 Å². The molecule has 29 heavy (non-hydrogen) atoms. The highest BCUT2D eigenvalue weighted by Crippen LogP contribution is 2.25. The molecule has 2 unspecified atom stereocenters. The van der Waals surface area contributed by atoms with Crippen molar-refractivity contribution in [2.75, 3.05) is 17.2 Å². The summed E-state index contributed by atoms with van der Waals surface area (Å²) in [5.41, 5.74) is 3.71. The molecule has 0 radical (unpaired) electrons. The third-order valence-corrected chi connectivity index (χ3v) is 6.12. The lowest BCUT2D eigenvalue weighted by molar-refractivity contribution is -0.122. The average molecular weight is 419 g/mol. The summed E-state index contributed by atoms with van der Waals surface area (Å²) >= 11 is 0. The molecular formula is C22H30N2O4S. The topological polar surface area (TPSA) is 75.7 Å². The lowest BCUT2D eigenvalue weighted by atomic mass is 10.0. The zero-order chi connectivity index (χ0) is 21.8. The van der Waals surface area contributed by atoms with Crippen LogP contribution in [-0.2, 0) is 14.8 Å². The number of hydrogen-bond acceptors (Lipinski definition) is 4. The highest BCUT2D eigenvalue weighted by molar-refractivity contribution is 7.92. The van der Waals surface area contributed by atoms with E-state index in [1.54, 1.807) is 31.2 Å². The van der Waals surface area contributed by atoms with Crippen molar-refractivity contribution in [1.82, 2.24) is 5.32 Å². The number of benzene rings is 2. The molecule has 2 atom stereocenters. The van der Waals surface area contributed by atoms with E-state index in [2.05, 4.69) is 5.32 Å². The van der Waals surface area contributed by atoms with Crippen LogP contribution in [0, 0.1) is 13.8 Å². The summed E-state index contributed by atoms with van der Waals surface area (Å²) in [4.78, 5) is 12.9. The zero-order valence-electron chi connectivity index (χ0n) is 17.9. The molecule has 1 N–H and O–H groups in total. The van der Waals surface area contributed by atoms with E-state index in [4.69, 9.17) is 4.74 Å². The Labute approximate surface area is 173 Å². The van der Waals surface area contributed by atoms with Gasteiger partial charge in [-0.05, 0) is 75.6 Å². The van der Waals surface area contributed by atoms with Gasteiger partial charge in [0.2, 0.25) is 15.9 Å². The highest BCUT2D eigenvalue weighted by Gasteiger charge is 2.30. The number of aryl methyl sites for hydroxylation is 2. The van der Waals surface area contributed by atoms with Gasteiger partial charge in [-0.1, -0.05) is 18.2 Å². The zero-order valence-corrected chi connectivity index (χ0v) is 18.7. The first kappa shape index (κ1) is 22.7. The molecule has 2 aromatic carbocycles. The second kappa shape index (κ2) is 9.31. The minimum Gasteiger partial charge on any atom is -0.494 e. The smallest absolute Gasteiger partial charge is 0.244 e. The van der Waals surface area contributed by atoms with Crippen molar-refractivity contribution in [3.8, 4) is 5.75 Å². The molecule has 7 heteroatoms. The van der Waals surface area contributed by atoms with E-state index in [1.165, 1.54) is 5.56 Å². The summed E-state index contributed by atoms with van der Waals surface area (Å²) in [6.45, 7) is 9.92. The van der Waals surface area contributed by atoms with Crippen molar-refractivity contribution >= 4 is 21.6 Å². The van der Waals surface area contributed by atoms with E-state index in [0.717, 1.165) is 21.7 Å². The maximum absolute atomic E-state index is 12.9. The quantitative estimate of drug-likeness (QED) is 0.709. The predicted molar refractivity (Wildman–Crippen MR) is 117 cm³/mol. The van der Waals surface area contributed by atoms with E-state index in [9.17, 15) is 13.2 Å². The maximum atomic E-state index is 12.9. The number of nitrogens with one attached hydrogen (secondary N) is 1. The maximum Gasteiger partial charge on any atom is 0.244 e. The van der Waals surface area contributed by atoms with Gasteiger partial charge in [-0.15, -0.1) is 0 Å². The number of rotatable bonds is 8. The first-order valence-corrected chi connectivity index (χ1v) is 11.5. The molecule has 2 aromatic rings. The van der Waals surface area contributed by atoms with Crippen LogP contribution in [0.15, 0.2) is 42.5 Å². The molecule has 0 aliphatic rings. The normalized spacial score (nSPS) is 13.4. The standard InChI is InChI=1S/C22H30N2O4S/c1-7-28-21-12-10-20(11-13-21)24(29(6,26)27)18(5)22(25)23-17(4)19-9-8-15(2)16(3)14-19/h8-14,17-18H,7H2,1-6H3,(H,23,25). The molecule has 2 rings (SSSR count). The summed E-state index contributed by atoms with van der Waals surface area (Å²) < 4.78 is 31.4. The van der Waals surface area contributed by atoms with Crippen LogP contribution in [0.3, 0.4) is 0 Å². The SMILES string of the molecule is CCOc1ccc(N(C(C)C(=O)NC(C)c2ccc(C)c(C)c2)S(C)(=O)=O)cc1. The van der Waals surface area contributed by atoms with Gasteiger partial charge >= 0.3 is 0 Å². The number of sulfonamides is 1. The molecular weight excluding hydrogens is 388 g/mol. The van der Waals surface area contributed by atoms with Gasteiger partial charge in [0.05, 0.1) is 24.6 Å². The van der Waals surface area contributed by atoms with Gasteiger partial charge in [0.1, 0.15) is 11.8 Å². The second-order valence-electron chi connectivity index (χ2n) is 7.24. The number of hydrogen-bond donors (Lipinski definition) is 1. The fourth-order valence-electron chi connectivity index (χ4n) is 3.12. The van der Waals surface area contributed by atoms with Crippen molar-refractivity contribution in [2.24, 2.45) is 0 Å². The molecule has 158 valence electrons. The summed E-state index contributed by atoms with van der Waals surface area (Å²) in [6.07, 6.45) is 1.10. The van der Waals surface area contributed by atoms with E-state index in [1.807, 2.05) is 45.9 Å². The Morgan fingerprint density at radius 3 is 2.21 bits per heavy atom. The second-order valence-corrected chi connectivity index (χ2v) is 9.10. The molecule has 0 aromatic heterocycles. The van der Waals surface area contributed by atoms with Gasteiger partial charge in [-0.25, -0.2) is 8.42 Å². The molecule has 0 spiro atoms. The van der Waals surface area contributed by atoms with Gasteiger partial charge in [0.15, 0.2) is 0 Å². The minimum absolute atomic E-state index is 0.244. The number of anilines is 1. The van der Waals surface area contributed by atoms with Crippen molar-refractivity contribution in [3.63, 3.8) is 0 Å². The summed E-state index contributed by atoms with van der Waals surface area (Å²) in [7, 11) is -3.67. The summed E-state index contributed by atoms with van der Waals surface area (Å²) in [5.74, 6) is 0.278. The molecule has 0 saturated carbocycles. The third-order valence-electron chi connectivity index (χ3n) is 4.88. The Morgan fingerprint density at radius 1 is 1.07 bits per heavy atom. The fourth-order valence-corrected chi connectivity index (χ4v) is 4.29. The van der Waals surface area contributed by atoms with Gasteiger partial charge in [-0.3, -0.25) is 9.10 Å². The molecule has 0 aliphatic carbocycles. The first-order chi connectivity index (χ1) is 13.5. The molecule has 0 fully saturated rings. The Morgan fingerprint density at radius 2 is 1.69 bits per heavy atom. The van der Waals surface area contributed by atoms with Gasteiger partial charge in [0.25, 0.3) is 0 Å². The van der Waals surface area contributed by atoms with Crippen molar-refractivity contribution < 1.29 is 17.9 Å². The molecule has 0 heterocycles. The fraction of sp³-hybridized carbons (Fsp3) is 0.409. The Bertz CT molecular complexity index is 955. The third kappa shape index (κ3) is 5.73. The molecule has 0 bridgehead atoms. The van der Waals surface area contributed by atoms with Crippen molar-refractivity contribution in [3.05, 3.63) is 59.2 Å².